The summed E-state index contributed by atoms with van der Waals surface area (Å²) >= 11 is 3.15. The fourth-order valence-corrected chi connectivity index (χ4v) is 4.23. The van der Waals surface area contributed by atoms with Gasteiger partial charge in [0.1, 0.15) is 5.75 Å². The molecule has 27 heavy (non-hydrogen) atoms. The van der Waals surface area contributed by atoms with Crippen LogP contribution in [0.4, 0.5) is 13.2 Å². The molecule has 1 heterocycles. The van der Waals surface area contributed by atoms with Crippen LogP contribution in [0.3, 0.4) is 0 Å². The molecular weight excluding hydrogens is 419 g/mol. The maximum absolute atomic E-state index is 13.3. The fraction of sp³-hybridized carbons (Fsp3) is 0.333. The highest BCUT2D eigenvalue weighted by atomic mass is 79.9. The van der Waals surface area contributed by atoms with E-state index in [4.69, 9.17) is 4.74 Å². The van der Waals surface area contributed by atoms with Crippen molar-refractivity contribution in [3.8, 4) is 11.5 Å². The summed E-state index contributed by atoms with van der Waals surface area (Å²) < 4.78 is 45.8. The number of alkyl halides is 3. The van der Waals surface area contributed by atoms with Gasteiger partial charge in [0, 0.05) is 17.1 Å². The van der Waals surface area contributed by atoms with E-state index in [1.54, 1.807) is 6.07 Å². The lowest BCUT2D eigenvalue weighted by atomic mass is 9.98. The van der Waals surface area contributed by atoms with Crippen LogP contribution in [0.1, 0.15) is 36.8 Å². The fourth-order valence-electron chi connectivity index (χ4n) is 3.81. The van der Waals surface area contributed by atoms with Crippen molar-refractivity contribution in [2.45, 2.75) is 38.3 Å². The number of hydrogen-bond acceptors (Lipinski definition) is 1. The van der Waals surface area contributed by atoms with Crippen molar-refractivity contribution in [3.63, 3.8) is 0 Å². The van der Waals surface area contributed by atoms with Gasteiger partial charge in [-0.3, -0.25) is 0 Å². The van der Waals surface area contributed by atoms with Crippen molar-refractivity contribution in [2.24, 2.45) is 5.92 Å². The first-order chi connectivity index (χ1) is 12.9. The quantitative estimate of drug-likeness (QED) is 0.456. The Morgan fingerprint density at radius 1 is 1.19 bits per heavy atom. The first-order valence-electron chi connectivity index (χ1n) is 8.96. The number of hydrogen-bond donors (Lipinski definition) is 1. The Balaban J connectivity index is 1.67. The van der Waals surface area contributed by atoms with Gasteiger partial charge >= 0.3 is 6.18 Å². The Hall–Kier alpha value is -1.95. The Labute approximate surface area is 163 Å². The molecule has 0 bridgehead atoms. The lowest BCUT2D eigenvalue weighted by Crippen LogP contribution is -2.07. The molecule has 2 aromatic carbocycles. The van der Waals surface area contributed by atoms with Crippen LogP contribution in [-0.4, -0.2) is 4.98 Å². The number of rotatable bonds is 4. The van der Waals surface area contributed by atoms with Crippen molar-refractivity contribution >= 4 is 26.8 Å². The summed E-state index contributed by atoms with van der Waals surface area (Å²) in [4.78, 5) is 3.25. The third-order valence-corrected chi connectivity index (χ3v) is 5.74. The van der Waals surface area contributed by atoms with Crippen LogP contribution in [-0.2, 0) is 12.6 Å². The molecule has 4 rings (SSSR count). The second-order valence-electron chi connectivity index (χ2n) is 7.02. The Bertz CT molecular complexity index is 958. The molecular formula is C21H18BrF3NO. The van der Waals surface area contributed by atoms with Gasteiger partial charge in [0.05, 0.1) is 10.0 Å². The standard InChI is InChI=1S/C21H18BrF3NO/c22-18-7-3-6-17(21(23,24)25)20(18)27-15-8-9-19-16(11-15)14(12-26-19)10-13-4-1-2-5-13/h6-9,11-13,26H,1-2,4-5,10H2. The summed E-state index contributed by atoms with van der Waals surface area (Å²) in [5, 5.41) is 1.01. The van der Waals surface area contributed by atoms with Gasteiger partial charge in [-0.1, -0.05) is 25.7 Å². The second kappa shape index (κ2) is 7.23. The lowest BCUT2D eigenvalue weighted by molar-refractivity contribution is -0.138. The molecule has 1 saturated carbocycles. The lowest BCUT2D eigenvalue weighted by Gasteiger charge is -2.15. The van der Waals surface area contributed by atoms with E-state index in [0.29, 0.717) is 11.7 Å². The maximum atomic E-state index is 13.3. The molecule has 1 fully saturated rings. The van der Waals surface area contributed by atoms with E-state index in [1.165, 1.54) is 37.3 Å². The zero-order chi connectivity index (χ0) is 19.0. The highest BCUT2D eigenvalue weighted by molar-refractivity contribution is 9.10. The first-order valence-corrected chi connectivity index (χ1v) is 9.76. The second-order valence-corrected chi connectivity index (χ2v) is 7.88. The summed E-state index contributed by atoms with van der Waals surface area (Å²) in [6, 6.07) is 10.2. The third kappa shape index (κ3) is 3.86. The summed E-state index contributed by atoms with van der Waals surface area (Å²) in [5.74, 6) is 0.824. The van der Waals surface area contributed by atoms with Crippen molar-refractivity contribution in [1.82, 2.24) is 4.98 Å². The van der Waals surface area contributed by atoms with Crippen LogP contribution >= 0.6 is 15.9 Å². The van der Waals surface area contributed by atoms with Crippen molar-refractivity contribution < 1.29 is 17.9 Å². The largest absolute Gasteiger partial charge is 0.456 e. The predicted molar refractivity (Wildman–Crippen MR) is 102 cm³/mol. The molecule has 0 saturated heterocycles. The van der Waals surface area contributed by atoms with Gasteiger partial charge in [-0.25, -0.2) is 0 Å². The molecule has 1 radical (unpaired) electrons. The van der Waals surface area contributed by atoms with Crippen LogP contribution < -0.4 is 4.74 Å². The van der Waals surface area contributed by atoms with E-state index >= 15 is 0 Å². The summed E-state index contributed by atoms with van der Waals surface area (Å²) in [6.07, 6.45) is 3.52. The zero-order valence-electron chi connectivity index (χ0n) is 14.5. The molecule has 141 valence electrons. The van der Waals surface area contributed by atoms with Crippen LogP contribution in [0.25, 0.3) is 10.9 Å². The average Bonchev–Trinajstić information content (AvgIpc) is 3.26. The van der Waals surface area contributed by atoms with Crippen molar-refractivity contribution in [1.29, 1.82) is 0 Å². The summed E-state index contributed by atoms with van der Waals surface area (Å²) in [5.41, 5.74) is 1.31. The summed E-state index contributed by atoms with van der Waals surface area (Å²) in [7, 11) is 0. The highest BCUT2D eigenvalue weighted by Gasteiger charge is 2.35. The SMILES string of the molecule is FC(F)(F)c1c[c]cc(Br)c1Oc1ccc2[nH]cc(CC3CCCC3)c2c1. The Kier molecular flexibility index (Phi) is 4.93. The molecule has 0 aliphatic heterocycles. The van der Waals surface area contributed by atoms with E-state index < -0.39 is 11.7 Å². The molecule has 1 aliphatic rings. The first kappa shape index (κ1) is 18.4. The Morgan fingerprint density at radius 2 is 1.96 bits per heavy atom. The number of benzene rings is 2. The van der Waals surface area contributed by atoms with Crippen molar-refractivity contribution in [3.05, 3.63) is 58.2 Å². The number of aromatic amines is 1. The molecule has 0 atom stereocenters. The Morgan fingerprint density at radius 3 is 2.70 bits per heavy atom. The highest BCUT2D eigenvalue weighted by Crippen LogP contribution is 2.42. The van der Waals surface area contributed by atoms with Crippen LogP contribution in [0.5, 0.6) is 11.5 Å². The van der Waals surface area contributed by atoms with E-state index in [2.05, 4.69) is 27.0 Å². The molecule has 1 aliphatic carbocycles. The van der Waals surface area contributed by atoms with Gasteiger partial charge in [0.2, 0.25) is 0 Å². The van der Waals surface area contributed by atoms with E-state index in [-0.39, 0.29) is 10.2 Å². The van der Waals surface area contributed by atoms with Crippen LogP contribution in [0.2, 0.25) is 0 Å². The summed E-state index contributed by atoms with van der Waals surface area (Å²) in [6.45, 7) is 0. The predicted octanol–water partition coefficient (Wildman–Crippen LogP) is 7.27. The average molecular weight is 437 g/mol. The van der Waals surface area contributed by atoms with Crippen LogP contribution in [0, 0.1) is 12.0 Å². The number of nitrogens with one attached hydrogen (secondary N) is 1. The van der Waals surface area contributed by atoms with Crippen LogP contribution in [0.15, 0.2) is 41.0 Å². The van der Waals surface area contributed by atoms with E-state index in [1.807, 2.05) is 18.3 Å². The molecule has 2 nitrogen and oxygen atoms in total. The topological polar surface area (TPSA) is 25.0 Å². The minimum atomic E-state index is -4.51. The number of aromatic nitrogens is 1. The molecule has 0 spiro atoms. The minimum Gasteiger partial charge on any atom is -0.456 e. The molecule has 3 aromatic rings. The molecule has 0 amide bonds. The van der Waals surface area contributed by atoms with Gasteiger partial charge in [-0.15, -0.1) is 0 Å². The van der Waals surface area contributed by atoms with Gasteiger partial charge < -0.3 is 9.72 Å². The van der Waals surface area contributed by atoms with Gasteiger partial charge in [0.15, 0.2) is 5.75 Å². The zero-order valence-corrected chi connectivity index (χ0v) is 16.1. The molecule has 1 aromatic heterocycles. The van der Waals surface area contributed by atoms with Gasteiger partial charge in [0.25, 0.3) is 0 Å². The number of H-pyrrole nitrogens is 1. The normalized spacial score (nSPS) is 15.6. The minimum absolute atomic E-state index is 0.220. The molecule has 6 heteroatoms. The van der Waals surface area contributed by atoms with E-state index in [0.717, 1.165) is 23.4 Å². The number of halogens is 4. The van der Waals surface area contributed by atoms with E-state index in [9.17, 15) is 13.2 Å². The van der Waals surface area contributed by atoms with Gasteiger partial charge in [-0.2, -0.15) is 13.2 Å². The van der Waals surface area contributed by atoms with Crippen molar-refractivity contribution in [2.75, 3.05) is 0 Å². The smallest absolute Gasteiger partial charge is 0.420 e. The molecule has 0 unspecified atom stereocenters. The monoisotopic (exact) mass is 436 g/mol. The van der Waals surface area contributed by atoms with Gasteiger partial charge in [-0.05, 0) is 70.2 Å². The molecule has 1 N–H and O–H groups in total. The maximum Gasteiger partial charge on any atom is 0.420 e. The number of fused-ring (bicyclic) bond motifs is 1. The number of ether oxygens (including phenoxy) is 1. The third-order valence-electron chi connectivity index (χ3n) is 5.15.